The number of nitrogens with zero attached hydrogens (tertiary/aromatic N) is 2. The molecular weight excluding hydrogens is 350 g/mol. The lowest BCUT2D eigenvalue weighted by Gasteiger charge is -2.08. The summed E-state index contributed by atoms with van der Waals surface area (Å²) in [7, 11) is 1.60. The van der Waals surface area contributed by atoms with E-state index in [9.17, 15) is 4.79 Å². The van der Waals surface area contributed by atoms with E-state index < -0.39 is 0 Å². The third-order valence-electron chi connectivity index (χ3n) is 3.99. The molecule has 0 bridgehead atoms. The smallest absolute Gasteiger partial charge is 0.323 e. The van der Waals surface area contributed by atoms with Gasteiger partial charge in [0.2, 0.25) is 0 Å². The second-order valence-corrected chi connectivity index (χ2v) is 6.64. The van der Waals surface area contributed by atoms with E-state index in [4.69, 9.17) is 4.74 Å². The van der Waals surface area contributed by atoms with Crippen molar-refractivity contribution in [3.63, 3.8) is 0 Å². The molecule has 26 heavy (non-hydrogen) atoms. The molecule has 7 nitrogen and oxygen atoms in total. The third kappa shape index (κ3) is 3.50. The van der Waals surface area contributed by atoms with Crippen molar-refractivity contribution in [1.82, 2.24) is 9.97 Å². The first kappa shape index (κ1) is 16.5. The number of ether oxygens (including phenoxy) is 1. The Bertz CT molecular complexity index is 967. The largest absolute Gasteiger partial charge is 0.497 e. The number of carbonyl (C=O) groups excluding carboxylic acids is 1. The van der Waals surface area contributed by atoms with Crippen molar-refractivity contribution >= 4 is 45.7 Å². The molecule has 4 rings (SSSR count). The van der Waals surface area contributed by atoms with Gasteiger partial charge in [0.15, 0.2) is 0 Å². The maximum absolute atomic E-state index is 12.2. The molecule has 0 saturated heterocycles. The number of anilines is 2. The maximum atomic E-state index is 12.2. The van der Waals surface area contributed by atoms with E-state index in [0.29, 0.717) is 11.4 Å². The second-order valence-electron chi connectivity index (χ2n) is 5.77. The molecule has 1 aromatic heterocycles. The van der Waals surface area contributed by atoms with Gasteiger partial charge in [-0.1, -0.05) is 0 Å². The van der Waals surface area contributed by atoms with Crippen molar-refractivity contribution < 1.29 is 9.53 Å². The number of rotatable bonds is 4. The summed E-state index contributed by atoms with van der Waals surface area (Å²) in [6.07, 6.45) is 0. The summed E-state index contributed by atoms with van der Waals surface area (Å²) in [5, 5.41) is 5.61. The van der Waals surface area contributed by atoms with E-state index in [1.807, 2.05) is 23.7 Å². The number of hydrogen-bond acceptors (Lipinski definition) is 5. The number of urea groups is 1. The summed E-state index contributed by atoms with van der Waals surface area (Å²) in [6.45, 7) is 0. The summed E-state index contributed by atoms with van der Waals surface area (Å²) in [6, 6.07) is 12.5. The minimum Gasteiger partial charge on any atom is -0.497 e. The van der Waals surface area contributed by atoms with Gasteiger partial charge >= 0.3 is 6.03 Å². The third-order valence-corrected chi connectivity index (χ3v) is 4.77. The van der Waals surface area contributed by atoms with Gasteiger partial charge in [0.05, 0.1) is 23.7 Å². The Labute approximate surface area is 154 Å². The predicted molar refractivity (Wildman–Crippen MR) is 105 cm³/mol. The van der Waals surface area contributed by atoms with Crippen LogP contribution in [-0.2, 0) is 0 Å². The fourth-order valence-electron chi connectivity index (χ4n) is 2.67. The number of hydrogen-bond donors (Lipinski definition) is 3. The molecule has 2 aromatic carbocycles. The van der Waals surface area contributed by atoms with Gasteiger partial charge in [0, 0.05) is 17.1 Å². The van der Waals surface area contributed by atoms with E-state index in [0.717, 1.165) is 28.4 Å². The van der Waals surface area contributed by atoms with Crippen molar-refractivity contribution in [2.75, 3.05) is 23.5 Å². The summed E-state index contributed by atoms with van der Waals surface area (Å²) in [5.41, 5.74) is 4.94. The van der Waals surface area contributed by atoms with Crippen LogP contribution < -0.4 is 15.4 Å². The minimum atomic E-state index is -0.318. The van der Waals surface area contributed by atoms with E-state index in [1.165, 1.54) is 0 Å². The van der Waals surface area contributed by atoms with Crippen LogP contribution in [0.4, 0.5) is 16.2 Å². The lowest BCUT2D eigenvalue weighted by atomic mass is 10.3. The van der Waals surface area contributed by atoms with Crippen molar-refractivity contribution in [3.05, 3.63) is 48.3 Å². The van der Waals surface area contributed by atoms with Gasteiger partial charge in [-0.3, -0.25) is 4.99 Å². The first-order chi connectivity index (χ1) is 12.7. The number of carbonyl (C=O) groups is 1. The Hall–Kier alpha value is -3.00. The highest BCUT2D eigenvalue weighted by atomic mass is 32.2. The number of imidazole rings is 1. The lowest BCUT2D eigenvalue weighted by molar-refractivity contribution is 0.262. The molecule has 2 amide bonds. The Morgan fingerprint density at radius 1 is 1.19 bits per heavy atom. The quantitative estimate of drug-likeness (QED) is 0.649. The second kappa shape index (κ2) is 7.09. The Morgan fingerprint density at radius 3 is 2.69 bits per heavy atom. The molecule has 1 aliphatic heterocycles. The first-order valence-corrected chi connectivity index (χ1v) is 9.11. The number of amides is 2. The van der Waals surface area contributed by atoms with Gasteiger partial charge in [-0.15, -0.1) is 11.8 Å². The number of H-pyrrole nitrogens is 1. The number of methoxy groups -OCH3 is 1. The van der Waals surface area contributed by atoms with Crippen LogP contribution in [0.3, 0.4) is 0 Å². The van der Waals surface area contributed by atoms with Gasteiger partial charge in [-0.2, -0.15) is 0 Å². The summed E-state index contributed by atoms with van der Waals surface area (Å²) in [4.78, 5) is 24.5. The summed E-state index contributed by atoms with van der Waals surface area (Å²) < 4.78 is 5.10. The zero-order chi connectivity index (χ0) is 17.9. The molecule has 2 heterocycles. The predicted octanol–water partition coefficient (Wildman–Crippen LogP) is 4.03. The molecule has 0 spiro atoms. The number of aromatic amines is 1. The number of fused-ring (bicyclic) bond motifs is 1. The van der Waals surface area contributed by atoms with Crippen LogP contribution in [0.1, 0.15) is 11.9 Å². The minimum absolute atomic E-state index is 0.0715. The van der Waals surface area contributed by atoms with Crippen LogP contribution in [0.15, 0.2) is 47.5 Å². The molecule has 8 heteroatoms. The molecular formula is C18H17N5O2S. The van der Waals surface area contributed by atoms with Crippen molar-refractivity contribution in [1.29, 1.82) is 0 Å². The highest BCUT2D eigenvalue weighted by Gasteiger charge is 2.17. The molecule has 3 N–H and O–H groups in total. The molecule has 1 aliphatic rings. The van der Waals surface area contributed by atoms with Crippen molar-refractivity contribution in [3.8, 4) is 5.75 Å². The molecule has 0 fully saturated rings. The van der Waals surface area contributed by atoms with Gasteiger partial charge in [0.1, 0.15) is 17.6 Å². The zero-order valence-corrected chi connectivity index (χ0v) is 14.8. The first-order valence-electron chi connectivity index (χ1n) is 8.06. The molecule has 3 aromatic rings. The lowest BCUT2D eigenvalue weighted by Crippen LogP contribution is -2.19. The number of benzene rings is 2. The molecule has 132 valence electrons. The topological polar surface area (TPSA) is 91.4 Å². The van der Waals surface area contributed by atoms with Crippen LogP contribution in [0.2, 0.25) is 0 Å². The normalized spacial score (nSPS) is 16.0. The van der Waals surface area contributed by atoms with Crippen LogP contribution in [0.5, 0.6) is 5.75 Å². The summed E-state index contributed by atoms with van der Waals surface area (Å²) in [5.74, 6) is 2.48. The number of aromatic nitrogens is 2. The highest BCUT2D eigenvalue weighted by molar-refractivity contribution is 8.12. The van der Waals surface area contributed by atoms with Crippen LogP contribution in [0.25, 0.3) is 11.0 Å². The molecule has 0 saturated carbocycles. The molecule has 1 unspecified atom stereocenters. The SMILES string of the molecule is COc1ccc(NC(=O)Nc2ccc3[nH]c(C4CSC=N4)nc3c2)cc1. The number of aliphatic imine (C=N–C) groups is 1. The number of nitrogens with one attached hydrogen (secondary N) is 3. The van der Waals surface area contributed by atoms with Gasteiger partial charge in [-0.25, -0.2) is 9.78 Å². The summed E-state index contributed by atoms with van der Waals surface area (Å²) >= 11 is 1.68. The zero-order valence-electron chi connectivity index (χ0n) is 14.0. The van der Waals surface area contributed by atoms with Gasteiger partial charge < -0.3 is 20.4 Å². The average molecular weight is 367 g/mol. The van der Waals surface area contributed by atoms with Crippen LogP contribution in [0, 0.1) is 0 Å². The van der Waals surface area contributed by atoms with E-state index in [2.05, 4.69) is 25.6 Å². The van der Waals surface area contributed by atoms with Gasteiger partial charge in [-0.05, 0) is 42.5 Å². The maximum Gasteiger partial charge on any atom is 0.323 e. The monoisotopic (exact) mass is 367 g/mol. The Kier molecular flexibility index (Phi) is 4.49. The van der Waals surface area contributed by atoms with Crippen molar-refractivity contribution in [2.24, 2.45) is 4.99 Å². The Morgan fingerprint density at radius 2 is 1.96 bits per heavy atom. The average Bonchev–Trinajstić information content (AvgIpc) is 3.31. The Balaban J connectivity index is 1.45. The van der Waals surface area contributed by atoms with E-state index in [-0.39, 0.29) is 12.1 Å². The van der Waals surface area contributed by atoms with Crippen LogP contribution in [-0.4, -0.2) is 34.4 Å². The van der Waals surface area contributed by atoms with E-state index >= 15 is 0 Å². The van der Waals surface area contributed by atoms with Crippen molar-refractivity contribution in [2.45, 2.75) is 6.04 Å². The highest BCUT2D eigenvalue weighted by Crippen LogP contribution is 2.27. The fourth-order valence-corrected chi connectivity index (χ4v) is 3.42. The molecule has 1 atom stereocenters. The van der Waals surface area contributed by atoms with E-state index in [1.54, 1.807) is 43.1 Å². The number of thioether (sulfide) groups is 1. The fraction of sp³-hybridized carbons (Fsp3) is 0.167. The molecule has 0 aliphatic carbocycles. The van der Waals surface area contributed by atoms with Gasteiger partial charge in [0.25, 0.3) is 0 Å². The van der Waals surface area contributed by atoms with Crippen LogP contribution >= 0.6 is 11.8 Å². The molecule has 0 radical (unpaired) electrons. The standard InChI is InChI=1S/C18H17N5O2S/c1-25-13-5-2-11(3-6-13)20-18(24)21-12-4-7-14-15(8-12)23-17(22-14)16-9-26-10-19-16/h2-8,10,16H,9H2,1H3,(H,22,23)(H2,20,21,24).